The van der Waals surface area contributed by atoms with Gasteiger partial charge in [-0.3, -0.25) is 9.91 Å². The van der Waals surface area contributed by atoms with Gasteiger partial charge in [0.1, 0.15) is 6.61 Å². The Bertz CT molecular complexity index is 454. The highest BCUT2D eigenvalue weighted by atomic mass is 35.5. The summed E-state index contributed by atoms with van der Waals surface area (Å²) in [6.07, 6.45) is 0. The number of rotatable bonds is 2. The second-order valence-electron chi connectivity index (χ2n) is 4.87. The van der Waals surface area contributed by atoms with E-state index in [0.29, 0.717) is 17.4 Å². The van der Waals surface area contributed by atoms with Crippen molar-refractivity contribution in [2.75, 3.05) is 42.8 Å². The second kappa shape index (κ2) is 5.79. The van der Waals surface area contributed by atoms with E-state index in [1.807, 2.05) is 35.0 Å². The number of nitrogens with zero attached hydrogens (tertiary/aromatic N) is 2. The molecule has 3 rings (SSSR count). The molecule has 1 saturated heterocycles. The molecule has 2 aliphatic heterocycles. The molecule has 1 aromatic rings. The zero-order valence-corrected chi connectivity index (χ0v) is 12.3. The first-order valence-corrected chi connectivity index (χ1v) is 8.04. The molecule has 0 spiro atoms. The Hall–Kier alpha value is -0.620. The van der Waals surface area contributed by atoms with Crippen molar-refractivity contribution in [2.45, 2.75) is 6.04 Å². The molecule has 0 radical (unpaired) electrons. The number of benzene rings is 1. The van der Waals surface area contributed by atoms with Crippen molar-refractivity contribution in [3.63, 3.8) is 0 Å². The van der Waals surface area contributed by atoms with E-state index in [2.05, 4.69) is 4.90 Å². The molecular weight excluding hydrogens is 282 g/mol. The van der Waals surface area contributed by atoms with Gasteiger partial charge in [-0.05, 0) is 12.1 Å². The van der Waals surface area contributed by atoms with Crippen molar-refractivity contribution < 1.29 is 4.74 Å². The number of hydrazine groups is 1. The van der Waals surface area contributed by atoms with Gasteiger partial charge >= 0.3 is 0 Å². The number of ether oxygens (including phenoxy) is 1. The minimum Gasteiger partial charge on any atom is -0.488 e. The molecule has 2 heterocycles. The summed E-state index contributed by atoms with van der Waals surface area (Å²) in [6.45, 7) is 3.81. The van der Waals surface area contributed by atoms with Gasteiger partial charge in [0.05, 0.1) is 16.8 Å². The van der Waals surface area contributed by atoms with Crippen LogP contribution in [0.3, 0.4) is 0 Å². The highest BCUT2D eigenvalue weighted by Crippen LogP contribution is 2.38. The largest absolute Gasteiger partial charge is 0.488 e. The zero-order chi connectivity index (χ0) is 13.2. The molecule has 19 heavy (non-hydrogen) atoms. The van der Waals surface area contributed by atoms with E-state index < -0.39 is 0 Å². The first-order valence-electron chi connectivity index (χ1n) is 6.51. The average molecular weight is 300 g/mol. The molecular formula is C13H18ClN3OS. The summed E-state index contributed by atoms with van der Waals surface area (Å²) in [6, 6.07) is 5.88. The van der Waals surface area contributed by atoms with Crippen LogP contribution < -0.4 is 15.6 Å². The van der Waals surface area contributed by atoms with Crippen LogP contribution in [0.2, 0.25) is 5.02 Å². The van der Waals surface area contributed by atoms with Crippen LogP contribution in [0.5, 0.6) is 5.75 Å². The van der Waals surface area contributed by atoms with Crippen LogP contribution in [0.1, 0.15) is 0 Å². The van der Waals surface area contributed by atoms with Gasteiger partial charge in [0.2, 0.25) is 0 Å². The molecule has 1 fully saturated rings. The highest BCUT2D eigenvalue weighted by Gasteiger charge is 2.28. The van der Waals surface area contributed by atoms with Crippen LogP contribution in [0.4, 0.5) is 5.69 Å². The second-order valence-corrected chi connectivity index (χ2v) is 6.51. The van der Waals surface area contributed by atoms with Crippen LogP contribution in [0, 0.1) is 0 Å². The Kier molecular flexibility index (Phi) is 4.07. The molecule has 1 unspecified atom stereocenters. The number of para-hydroxylation sites is 1. The van der Waals surface area contributed by atoms with E-state index in [0.717, 1.165) is 25.3 Å². The Morgan fingerprint density at radius 1 is 1.37 bits per heavy atom. The molecule has 2 N–H and O–H groups in total. The minimum absolute atomic E-state index is 0.189. The van der Waals surface area contributed by atoms with Gasteiger partial charge in [0.15, 0.2) is 5.75 Å². The van der Waals surface area contributed by atoms with Gasteiger partial charge in [-0.15, -0.1) is 0 Å². The fourth-order valence-corrected chi connectivity index (χ4v) is 3.73. The number of hydrogen-bond acceptors (Lipinski definition) is 5. The van der Waals surface area contributed by atoms with Crippen molar-refractivity contribution in [1.82, 2.24) is 4.90 Å². The van der Waals surface area contributed by atoms with E-state index in [-0.39, 0.29) is 6.04 Å². The molecule has 4 nitrogen and oxygen atoms in total. The fraction of sp³-hybridized carbons (Fsp3) is 0.538. The SMILES string of the molecule is NN1c2cccc(Cl)c2OCC1CN1CCSCC1. The lowest BCUT2D eigenvalue weighted by molar-refractivity contribution is 0.205. The zero-order valence-electron chi connectivity index (χ0n) is 10.7. The predicted octanol–water partition coefficient (Wildman–Crippen LogP) is 1.83. The Morgan fingerprint density at radius 3 is 2.95 bits per heavy atom. The molecule has 2 aliphatic rings. The number of anilines is 1. The third-order valence-corrected chi connectivity index (χ3v) is 4.85. The topological polar surface area (TPSA) is 41.7 Å². The van der Waals surface area contributed by atoms with Crippen LogP contribution >= 0.6 is 23.4 Å². The quantitative estimate of drug-likeness (QED) is 0.844. The maximum absolute atomic E-state index is 6.24. The van der Waals surface area contributed by atoms with Gasteiger partial charge in [0, 0.05) is 31.1 Å². The maximum Gasteiger partial charge on any atom is 0.162 e. The van der Waals surface area contributed by atoms with E-state index in [1.54, 1.807) is 0 Å². The monoisotopic (exact) mass is 299 g/mol. The van der Waals surface area contributed by atoms with Crippen LogP contribution in [0.25, 0.3) is 0 Å². The summed E-state index contributed by atoms with van der Waals surface area (Å²) >= 11 is 8.14. The van der Waals surface area contributed by atoms with E-state index in [1.165, 1.54) is 11.5 Å². The maximum atomic E-state index is 6.24. The van der Waals surface area contributed by atoms with Gasteiger partial charge in [-0.2, -0.15) is 11.8 Å². The summed E-state index contributed by atoms with van der Waals surface area (Å²) < 4.78 is 5.79. The fourth-order valence-electron chi connectivity index (χ4n) is 2.52. The van der Waals surface area contributed by atoms with Crippen molar-refractivity contribution in [1.29, 1.82) is 0 Å². The third kappa shape index (κ3) is 2.79. The van der Waals surface area contributed by atoms with E-state index in [9.17, 15) is 0 Å². The van der Waals surface area contributed by atoms with Crippen molar-refractivity contribution >= 4 is 29.1 Å². The Morgan fingerprint density at radius 2 is 2.16 bits per heavy atom. The molecule has 0 bridgehead atoms. The first-order chi connectivity index (χ1) is 9.25. The van der Waals surface area contributed by atoms with Gasteiger partial charge in [-0.25, -0.2) is 5.84 Å². The minimum atomic E-state index is 0.189. The lowest BCUT2D eigenvalue weighted by Crippen LogP contribution is -2.54. The van der Waals surface area contributed by atoms with E-state index in [4.69, 9.17) is 22.2 Å². The van der Waals surface area contributed by atoms with Gasteiger partial charge in [-0.1, -0.05) is 17.7 Å². The Labute approximate surface area is 122 Å². The van der Waals surface area contributed by atoms with Gasteiger partial charge < -0.3 is 4.74 Å². The predicted molar refractivity (Wildman–Crippen MR) is 81.2 cm³/mol. The summed E-state index contributed by atoms with van der Waals surface area (Å²) in [5.41, 5.74) is 0.884. The molecule has 6 heteroatoms. The molecule has 0 saturated carbocycles. The normalized spacial score (nSPS) is 23.9. The van der Waals surface area contributed by atoms with Gasteiger partial charge in [0.25, 0.3) is 0 Å². The molecule has 1 aromatic carbocycles. The summed E-state index contributed by atoms with van der Waals surface area (Å²) in [7, 11) is 0. The number of thioether (sulfide) groups is 1. The van der Waals surface area contributed by atoms with Crippen molar-refractivity contribution in [2.24, 2.45) is 5.84 Å². The molecule has 1 atom stereocenters. The molecule has 104 valence electrons. The molecule has 0 aliphatic carbocycles. The lowest BCUT2D eigenvalue weighted by atomic mass is 10.2. The average Bonchev–Trinajstić information content (AvgIpc) is 2.44. The van der Waals surface area contributed by atoms with Crippen LogP contribution in [-0.4, -0.2) is 48.7 Å². The van der Waals surface area contributed by atoms with Crippen molar-refractivity contribution in [3.8, 4) is 5.75 Å². The first kappa shape index (κ1) is 13.4. The number of fused-ring (bicyclic) bond motifs is 1. The van der Waals surface area contributed by atoms with E-state index >= 15 is 0 Å². The number of hydrogen-bond donors (Lipinski definition) is 1. The summed E-state index contributed by atoms with van der Waals surface area (Å²) in [5, 5.41) is 2.44. The number of halogens is 1. The third-order valence-electron chi connectivity index (χ3n) is 3.61. The number of nitrogens with two attached hydrogens (primary N) is 1. The molecule has 0 aromatic heterocycles. The Balaban J connectivity index is 1.72. The molecule has 0 amide bonds. The smallest absolute Gasteiger partial charge is 0.162 e. The lowest BCUT2D eigenvalue weighted by Gasteiger charge is -2.38. The highest BCUT2D eigenvalue weighted by molar-refractivity contribution is 7.99. The summed E-state index contributed by atoms with van der Waals surface area (Å²) in [5.74, 6) is 9.36. The van der Waals surface area contributed by atoms with Crippen LogP contribution in [-0.2, 0) is 0 Å². The summed E-state index contributed by atoms with van der Waals surface area (Å²) in [4.78, 5) is 2.46. The van der Waals surface area contributed by atoms with Crippen molar-refractivity contribution in [3.05, 3.63) is 23.2 Å². The van der Waals surface area contributed by atoms with Crippen LogP contribution in [0.15, 0.2) is 18.2 Å². The standard InChI is InChI=1S/C13H18ClN3OS/c14-11-2-1-3-12-13(11)18-9-10(17(12)15)8-16-4-6-19-7-5-16/h1-3,10H,4-9,15H2.